The van der Waals surface area contributed by atoms with Gasteiger partial charge in [-0.1, -0.05) is 46.3 Å². The van der Waals surface area contributed by atoms with Crippen LogP contribution in [0.4, 0.5) is 10.5 Å². The fourth-order valence-electron chi connectivity index (χ4n) is 3.41. The molecule has 1 aliphatic rings. The van der Waals surface area contributed by atoms with Crippen LogP contribution in [-0.2, 0) is 0 Å². The van der Waals surface area contributed by atoms with Crippen molar-refractivity contribution in [1.29, 1.82) is 0 Å². The summed E-state index contributed by atoms with van der Waals surface area (Å²) in [5.41, 5.74) is 5.01. The zero-order valence-corrected chi connectivity index (χ0v) is 17.2. The van der Waals surface area contributed by atoms with Crippen LogP contribution in [0.25, 0.3) is 0 Å². The number of urea groups is 1. The van der Waals surface area contributed by atoms with Crippen molar-refractivity contribution in [2.24, 2.45) is 0 Å². The normalized spacial score (nSPS) is 15.7. The van der Waals surface area contributed by atoms with Crippen molar-refractivity contribution in [3.05, 3.63) is 63.6 Å². The zero-order chi connectivity index (χ0) is 18.7. The van der Waals surface area contributed by atoms with Gasteiger partial charge in [-0.05, 0) is 49.6 Å². The van der Waals surface area contributed by atoms with E-state index in [9.17, 15) is 4.79 Å². The van der Waals surface area contributed by atoms with E-state index in [-0.39, 0.29) is 12.1 Å². The number of piperazine rings is 1. The number of nitrogens with zero attached hydrogens (tertiary/aromatic N) is 2. The standard InChI is InChI=1S/C21H26BrN3O/c1-15-7-6-10-20(16(15)2)24-11-13-25(14-12-24)21(26)23-17(3)18-8-4-5-9-19(18)22/h4-10,17H,11-14H2,1-3H3,(H,23,26). The maximum atomic E-state index is 12.6. The second-order valence-corrected chi connectivity index (χ2v) is 7.74. The molecule has 4 nitrogen and oxygen atoms in total. The lowest BCUT2D eigenvalue weighted by molar-refractivity contribution is 0.191. The number of hydrogen-bond acceptors (Lipinski definition) is 2. The molecule has 1 unspecified atom stereocenters. The molecule has 1 heterocycles. The third-order valence-corrected chi connectivity index (χ3v) is 5.92. The number of anilines is 1. The Bertz CT molecular complexity index is 785. The van der Waals surface area contributed by atoms with Crippen LogP contribution in [0, 0.1) is 13.8 Å². The molecule has 138 valence electrons. The minimum Gasteiger partial charge on any atom is -0.368 e. The van der Waals surface area contributed by atoms with Crippen LogP contribution in [-0.4, -0.2) is 37.1 Å². The van der Waals surface area contributed by atoms with Gasteiger partial charge in [0.25, 0.3) is 0 Å². The van der Waals surface area contributed by atoms with Gasteiger partial charge in [0.05, 0.1) is 6.04 Å². The van der Waals surface area contributed by atoms with Gasteiger partial charge in [0.15, 0.2) is 0 Å². The Hall–Kier alpha value is -2.01. The number of halogens is 1. The molecule has 1 saturated heterocycles. The minimum absolute atomic E-state index is 0.00821. The van der Waals surface area contributed by atoms with E-state index in [0.29, 0.717) is 0 Å². The van der Waals surface area contributed by atoms with Crippen LogP contribution < -0.4 is 10.2 Å². The van der Waals surface area contributed by atoms with Crippen LogP contribution in [0.15, 0.2) is 46.9 Å². The highest BCUT2D eigenvalue weighted by molar-refractivity contribution is 9.10. The van der Waals surface area contributed by atoms with E-state index >= 15 is 0 Å². The summed E-state index contributed by atoms with van der Waals surface area (Å²) in [4.78, 5) is 16.9. The van der Waals surface area contributed by atoms with E-state index in [2.05, 4.69) is 58.2 Å². The second kappa shape index (κ2) is 8.12. The molecule has 0 bridgehead atoms. The van der Waals surface area contributed by atoms with E-state index in [4.69, 9.17) is 0 Å². The lowest BCUT2D eigenvalue weighted by Crippen LogP contribution is -2.52. The first-order valence-corrected chi connectivity index (χ1v) is 9.87. The van der Waals surface area contributed by atoms with E-state index in [0.717, 1.165) is 36.2 Å². The summed E-state index contributed by atoms with van der Waals surface area (Å²) in [6.45, 7) is 9.53. The number of benzene rings is 2. The van der Waals surface area contributed by atoms with Gasteiger partial charge in [0.2, 0.25) is 0 Å². The van der Waals surface area contributed by atoms with Gasteiger partial charge in [-0.3, -0.25) is 0 Å². The first kappa shape index (κ1) is 18.8. The summed E-state index contributed by atoms with van der Waals surface area (Å²) in [6.07, 6.45) is 0. The maximum Gasteiger partial charge on any atom is 0.317 e. The monoisotopic (exact) mass is 415 g/mol. The molecular weight excluding hydrogens is 390 g/mol. The largest absolute Gasteiger partial charge is 0.368 e. The lowest BCUT2D eigenvalue weighted by atomic mass is 10.1. The highest BCUT2D eigenvalue weighted by Gasteiger charge is 2.23. The molecule has 0 aromatic heterocycles. The Morgan fingerprint density at radius 3 is 2.42 bits per heavy atom. The van der Waals surface area contributed by atoms with Crippen molar-refractivity contribution in [3.8, 4) is 0 Å². The van der Waals surface area contributed by atoms with Gasteiger partial charge in [0.1, 0.15) is 0 Å². The second-order valence-electron chi connectivity index (χ2n) is 6.89. The van der Waals surface area contributed by atoms with Crippen LogP contribution in [0.1, 0.15) is 29.7 Å². The van der Waals surface area contributed by atoms with Crippen molar-refractivity contribution >= 4 is 27.6 Å². The Morgan fingerprint density at radius 1 is 1.04 bits per heavy atom. The minimum atomic E-state index is -0.0323. The highest BCUT2D eigenvalue weighted by atomic mass is 79.9. The lowest BCUT2D eigenvalue weighted by Gasteiger charge is -2.37. The fraction of sp³-hybridized carbons (Fsp3) is 0.381. The molecule has 1 atom stereocenters. The molecule has 0 radical (unpaired) electrons. The summed E-state index contributed by atoms with van der Waals surface area (Å²) in [5.74, 6) is 0. The molecule has 0 spiro atoms. The predicted octanol–water partition coefficient (Wildman–Crippen LogP) is 4.66. The Morgan fingerprint density at radius 2 is 1.73 bits per heavy atom. The number of rotatable bonds is 3. The molecule has 5 heteroatoms. The first-order valence-electron chi connectivity index (χ1n) is 9.08. The molecule has 0 aliphatic carbocycles. The molecule has 2 aromatic carbocycles. The summed E-state index contributed by atoms with van der Waals surface area (Å²) in [5, 5.41) is 3.12. The number of carbonyl (C=O) groups is 1. The summed E-state index contributed by atoms with van der Waals surface area (Å²) in [7, 11) is 0. The van der Waals surface area contributed by atoms with Gasteiger partial charge in [0, 0.05) is 36.3 Å². The number of nitrogens with one attached hydrogen (secondary N) is 1. The van der Waals surface area contributed by atoms with Crippen molar-refractivity contribution in [2.75, 3.05) is 31.1 Å². The summed E-state index contributed by atoms with van der Waals surface area (Å²) >= 11 is 3.56. The maximum absolute atomic E-state index is 12.6. The molecule has 1 aliphatic heterocycles. The quantitative estimate of drug-likeness (QED) is 0.790. The third kappa shape index (κ3) is 4.04. The zero-order valence-electron chi connectivity index (χ0n) is 15.6. The molecule has 2 aromatic rings. The van der Waals surface area contributed by atoms with Gasteiger partial charge in [-0.25, -0.2) is 4.79 Å². The van der Waals surface area contributed by atoms with E-state index in [1.165, 1.54) is 16.8 Å². The number of hydrogen-bond donors (Lipinski definition) is 1. The smallest absolute Gasteiger partial charge is 0.317 e. The molecular formula is C21H26BrN3O. The van der Waals surface area contributed by atoms with Crippen molar-refractivity contribution in [2.45, 2.75) is 26.8 Å². The van der Waals surface area contributed by atoms with Gasteiger partial charge in [-0.2, -0.15) is 0 Å². The van der Waals surface area contributed by atoms with Crippen molar-refractivity contribution in [3.63, 3.8) is 0 Å². The Labute approximate surface area is 164 Å². The van der Waals surface area contributed by atoms with Gasteiger partial charge >= 0.3 is 6.03 Å². The van der Waals surface area contributed by atoms with Crippen LogP contribution in [0.2, 0.25) is 0 Å². The van der Waals surface area contributed by atoms with E-state index in [1.807, 2.05) is 36.1 Å². The SMILES string of the molecule is Cc1cccc(N2CCN(C(=O)NC(C)c3ccccc3Br)CC2)c1C. The van der Waals surface area contributed by atoms with Crippen molar-refractivity contribution < 1.29 is 4.79 Å². The Balaban J connectivity index is 1.58. The molecule has 1 fully saturated rings. The van der Waals surface area contributed by atoms with Gasteiger partial charge in [-0.15, -0.1) is 0 Å². The average molecular weight is 416 g/mol. The van der Waals surface area contributed by atoms with Gasteiger partial charge < -0.3 is 15.1 Å². The topological polar surface area (TPSA) is 35.6 Å². The third-order valence-electron chi connectivity index (χ3n) is 5.20. The van der Waals surface area contributed by atoms with Crippen molar-refractivity contribution in [1.82, 2.24) is 10.2 Å². The molecule has 2 amide bonds. The Kier molecular flexibility index (Phi) is 5.87. The summed E-state index contributed by atoms with van der Waals surface area (Å²) < 4.78 is 1.02. The van der Waals surface area contributed by atoms with Crippen LogP contribution in [0.5, 0.6) is 0 Å². The predicted molar refractivity (Wildman–Crippen MR) is 111 cm³/mol. The number of carbonyl (C=O) groups excluding carboxylic acids is 1. The molecule has 1 N–H and O–H groups in total. The molecule has 0 saturated carbocycles. The molecule has 26 heavy (non-hydrogen) atoms. The fourth-order valence-corrected chi connectivity index (χ4v) is 4.04. The van der Waals surface area contributed by atoms with E-state index < -0.39 is 0 Å². The van der Waals surface area contributed by atoms with Crippen LogP contribution >= 0.6 is 15.9 Å². The first-order chi connectivity index (χ1) is 12.5. The van der Waals surface area contributed by atoms with E-state index in [1.54, 1.807) is 0 Å². The average Bonchev–Trinajstić information content (AvgIpc) is 2.64. The number of aryl methyl sites for hydroxylation is 1. The number of amides is 2. The highest BCUT2D eigenvalue weighted by Crippen LogP contribution is 2.25. The molecule has 3 rings (SSSR count). The van der Waals surface area contributed by atoms with Crippen LogP contribution in [0.3, 0.4) is 0 Å². The summed E-state index contributed by atoms with van der Waals surface area (Å²) in [6, 6.07) is 14.4.